The number of fused-ring (bicyclic) bond motifs is 1. The fraction of sp³-hybridized carbons (Fsp3) is 0.211. The molecule has 0 atom stereocenters. The predicted octanol–water partition coefficient (Wildman–Crippen LogP) is 4.67. The third-order valence-corrected chi connectivity index (χ3v) is 4.29. The fourth-order valence-electron chi connectivity index (χ4n) is 2.88. The molecule has 3 nitrogen and oxygen atoms in total. The summed E-state index contributed by atoms with van der Waals surface area (Å²) < 4.78 is 2.27. The van der Waals surface area contributed by atoms with Crippen LogP contribution >= 0.6 is 0 Å². The maximum absolute atomic E-state index is 4.36. The van der Waals surface area contributed by atoms with Crippen LogP contribution in [0.25, 0.3) is 22.0 Å². The van der Waals surface area contributed by atoms with E-state index in [1.54, 1.807) is 6.20 Å². The summed E-state index contributed by atoms with van der Waals surface area (Å²) in [5.41, 5.74) is 5.22. The number of pyridine rings is 1. The van der Waals surface area contributed by atoms with Crippen molar-refractivity contribution in [3.63, 3.8) is 0 Å². The van der Waals surface area contributed by atoms with Crippen LogP contribution in [-0.2, 0) is 13.5 Å². The van der Waals surface area contributed by atoms with Gasteiger partial charge in [-0.2, -0.15) is 0 Å². The highest BCUT2D eigenvalue weighted by Crippen LogP contribution is 2.28. The topological polar surface area (TPSA) is 29.9 Å². The largest absolute Gasteiger partial charge is 0.348 e. The van der Waals surface area contributed by atoms with Crippen LogP contribution in [0.4, 0.5) is 5.82 Å². The molecule has 112 valence electrons. The fourth-order valence-corrected chi connectivity index (χ4v) is 2.88. The average Bonchev–Trinajstić information content (AvgIpc) is 2.82. The van der Waals surface area contributed by atoms with Crippen molar-refractivity contribution in [3.8, 4) is 11.3 Å². The first-order valence-corrected chi connectivity index (χ1v) is 7.57. The summed E-state index contributed by atoms with van der Waals surface area (Å²) in [5.74, 6) is 0.817. The molecule has 0 unspecified atom stereocenters. The van der Waals surface area contributed by atoms with Crippen molar-refractivity contribution in [3.05, 3.63) is 60.6 Å². The van der Waals surface area contributed by atoms with Crippen LogP contribution in [0.1, 0.15) is 18.2 Å². The summed E-state index contributed by atoms with van der Waals surface area (Å²) in [6.07, 6.45) is 4.59. The zero-order valence-electron chi connectivity index (χ0n) is 13.4. The van der Waals surface area contributed by atoms with Crippen LogP contribution in [0, 0.1) is 6.92 Å². The van der Waals surface area contributed by atoms with E-state index < -0.39 is 0 Å². The van der Waals surface area contributed by atoms with Crippen molar-refractivity contribution in [2.24, 2.45) is 7.05 Å². The van der Waals surface area contributed by atoms with Crippen molar-refractivity contribution in [2.75, 3.05) is 5.32 Å². The molecule has 0 saturated carbocycles. The molecule has 3 rings (SSSR count). The molecule has 0 amide bonds. The van der Waals surface area contributed by atoms with Crippen LogP contribution in [0.5, 0.6) is 0 Å². The van der Waals surface area contributed by atoms with Crippen LogP contribution in [0.3, 0.4) is 0 Å². The highest BCUT2D eigenvalue weighted by molar-refractivity contribution is 5.88. The van der Waals surface area contributed by atoms with Gasteiger partial charge in [0, 0.05) is 30.0 Å². The molecule has 0 spiro atoms. The van der Waals surface area contributed by atoms with Gasteiger partial charge in [0.15, 0.2) is 0 Å². The second-order valence-corrected chi connectivity index (χ2v) is 5.53. The van der Waals surface area contributed by atoms with Gasteiger partial charge in [-0.15, -0.1) is 0 Å². The molecule has 0 aliphatic heterocycles. The lowest BCUT2D eigenvalue weighted by atomic mass is 10.1. The first-order valence-electron chi connectivity index (χ1n) is 7.57. The van der Waals surface area contributed by atoms with E-state index in [2.05, 4.69) is 72.7 Å². The molecule has 0 radical (unpaired) electrons. The third-order valence-electron chi connectivity index (χ3n) is 4.29. The molecule has 22 heavy (non-hydrogen) atoms. The summed E-state index contributed by atoms with van der Waals surface area (Å²) in [7, 11) is 2.13. The molecule has 2 heterocycles. The molecule has 2 aromatic heterocycles. The molecule has 0 aliphatic rings. The van der Waals surface area contributed by atoms with Crippen molar-refractivity contribution in [1.29, 1.82) is 0 Å². The maximum atomic E-state index is 4.36. The molecule has 3 heteroatoms. The van der Waals surface area contributed by atoms with Gasteiger partial charge < -0.3 is 9.88 Å². The Labute approximate surface area is 131 Å². The number of aryl methyl sites for hydroxylation is 1. The molecule has 0 aliphatic carbocycles. The minimum absolute atomic E-state index is 0.817. The highest BCUT2D eigenvalue weighted by Gasteiger charge is 2.10. The number of rotatable bonds is 4. The molecular formula is C19H21N3. The zero-order valence-corrected chi connectivity index (χ0v) is 13.4. The SMILES string of the molecule is C=CNc1cc2cc(-c3cc(CC)c(C)n3C)ccc2cn1. The summed E-state index contributed by atoms with van der Waals surface area (Å²) in [6.45, 7) is 8.06. The van der Waals surface area contributed by atoms with E-state index in [0.29, 0.717) is 0 Å². The van der Waals surface area contributed by atoms with E-state index in [-0.39, 0.29) is 0 Å². The lowest BCUT2D eigenvalue weighted by Crippen LogP contribution is -1.95. The molecule has 0 fully saturated rings. The molecule has 0 bridgehead atoms. The number of aromatic nitrogens is 2. The van der Waals surface area contributed by atoms with Gasteiger partial charge in [0.1, 0.15) is 5.82 Å². The standard InChI is InChI=1S/C19H21N3/c1-5-14-10-18(22(4)13(14)3)15-7-8-16-12-21-19(20-6-2)11-17(16)9-15/h6-12H,2,5H2,1,3-4H3,(H,20,21). The summed E-state index contributed by atoms with van der Waals surface area (Å²) in [5, 5.41) is 5.35. The summed E-state index contributed by atoms with van der Waals surface area (Å²) in [6, 6.07) is 10.9. The van der Waals surface area contributed by atoms with E-state index in [1.807, 2.05) is 6.20 Å². The van der Waals surface area contributed by atoms with E-state index in [4.69, 9.17) is 0 Å². The second-order valence-electron chi connectivity index (χ2n) is 5.53. The number of hydrogen-bond donors (Lipinski definition) is 1. The molecule has 1 N–H and O–H groups in total. The van der Waals surface area contributed by atoms with Crippen LogP contribution in [-0.4, -0.2) is 9.55 Å². The van der Waals surface area contributed by atoms with E-state index in [0.717, 1.165) is 17.6 Å². The summed E-state index contributed by atoms with van der Waals surface area (Å²) in [4.78, 5) is 4.36. The normalized spacial score (nSPS) is 10.9. The number of nitrogens with zero attached hydrogens (tertiary/aromatic N) is 2. The lowest BCUT2D eigenvalue weighted by molar-refractivity contribution is 0.877. The monoisotopic (exact) mass is 291 g/mol. The second kappa shape index (κ2) is 5.68. The highest BCUT2D eigenvalue weighted by atomic mass is 15.0. The van der Waals surface area contributed by atoms with Gasteiger partial charge in [-0.3, -0.25) is 0 Å². The predicted molar refractivity (Wildman–Crippen MR) is 94.1 cm³/mol. The molecule has 3 aromatic rings. The van der Waals surface area contributed by atoms with Crippen LogP contribution in [0.2, 0.25) is 0 Å². The van der Waals surface area contributed by atoms with Crippen molar-refractivity contribution < 1.29 is 0 Å². The van der Waals surface area contributed by atoms with Gasteiger partial charge in [0.05, 0.1) is 0 Å². The van der Waals surface area contributed by atoms with E-state index >= 15 is 0 Å². The van der Waals surface area contributed by atoms with Crippen molar-refractivity contribution >= 4 is 16.6 Å². The number of hydrogen-bond acceptors (Lipinski definition) is 2. The Bertz CT molecular complexity index is 843. The van der Waals surface area contributed by atoms with Gasteiger partial charge in [0.2, 0.25) is 0 Å². The average molecular weight is 291 g/mol. The lowest BCUT2D eigenvalue weighted by Gasteiger charge is -2.08. The number of benzene rings is 1. The Morgan fingerprint density at radius 3 is 2.73 bits per heavy atom. The first kappa shape index (κ1) is 14.4. The molecule has 1 aromatic carbocycles. The molecular weight excluding hydrogens is 270 g/mol. The van der Waals surface area contributed by atoms with Gasteiger partial charge in [-0.1, -0.05) is 25.6 Å². The van der Waals surface area contributed by atoms with Crippen LogP contribution in [0.15, 0.2) is 49.3 Å². The first-order chi connectivity index (χ1) is 10.6. The zero-order chi connectivity index (χ0) is 15.7. The quantitative estimate of drug-likeness (QED) is 0.757. The van der Waals surface area contributed by atoms with Gasteiger partial charge in [-0.05, 0) is 54.3 Å². The van der Waals surface area contributed by atoms with E-state index in [9.17, 15) is 0 Å². The minimum atomic E-state index is 0.817. The Morgan fingerprint density at radius 1 is 1.23 bits per heavy atom. The minimum Gasteiger partial charge on any atom is -0.348 e. The smallest absolute Gasteiger partial charge is 0.130 e. The van der Waals surface area contributed by atoms with Crippen molar-refractivity contribution in [2.45, 2.75) is 20.3 Å². The summed E-state index contributed by atoms with van der Waals surface area (Å²) >= 11 is 0. The third kappa shape index (κ3) is 2.39. The number of anilines is 1. The van der Waals surface area contributed by atoms with Gasteiger partial charge >= 0.3 is 0 Å². The van der Waals surface area contributed by atoms with Gasteiger partial charge in [-0.25, -0.2) is 4.98 Å². The van der Waals surface area contributed by atoms with E-state index in [1.165, 1.54) is 27.9 Å². The van der Waals surface area contributed by atoms with Gasteiger partial charge in [0.25, 0.3) is 0 Å². The Hall–Kier alpha value is -2.55. The Kier molecular flexibility index (Phi) is 3.72. The number of nitrogens with one attached hydrogen (secondary N) is 1. The Balaban J connectivity index is 2.13. The molecule has 0 saturated heterocycles. The maximum Gasteiger partial charge on any atom is 0.130 e. The van der Waals surface area contributed by atoms with Crippen molar-refractivity contribution in [1.82, 2.24) is 9.55 Å². The van der Waals surface area contributed by atoms with Crippen LogP contribution < -0.4 is 5.32 Å². The Morgan fingerprint density at radius 2 is 2.05 bits per heavy atom.